The monoisotopic (exact) mass is 275 g/mol. The first kappa shape index (κ1) is 13.5. The molecule has 0 spiro atoms. The average Bonchev–Trinajstić information content (AvgIpc) is 2.50. The second-order valence-corrected chi connectivity index (χ2v) is 5.15. The number of fused-ring (bicyclic) bond motifs is 2. The van der Waals surface area contributed by atoms with Crippen molar-refractivity contribution < 1.29 is 4.79 Å². The van der Waals surface area contributed by atoms with Gasteiger partial charge in [-0.05, 0) is 30.2 Å². The van der Waals surface area contributed by atoms with Crippen molar-refractivity contribution >= 4 is 11.6 Å². The third kappa shape index (κ3) is 2.68. The highest BCUT2D eigenvalue weighted by atomic mass is 16.2. The van der Waals surface area contributed by atoms with Gasteiger partial charge in [0.05, 0.1) is 12.2 Å². The Morgan fingerprint density at radius 2 is 1.71 bits per heavy atom. The number of amides is 1. The van der Waals surface area contributed by atoms with Gasteiger partial charge in [0.1, 0.15) is 0 Å². The molecule has 21 heavy (non-hydrogen) atoms. The number of hydrogen-bond donors (Lipinski definition) is 0. The van der Waals surface area contributed by atoms with Crippen LogP contribution in [0, 0.1) is 11.8 Å². The fraction of sp³-hybridized carbons (Fsp3) is 0.211. The zero-order valence-electron chi connectivity index (χ0n) is 12.1. The minimum absolute atomic E-state index is 0.156. The number of rotatable bonds is 2. The van der Waals surface area contributed by atoms with Crippen molar-refractivity contribution in [1.82, 2.24) is 0 Å². The molecule has 0 saturated heterocycles. The highest BCUT2D eigenvalue weighted by Gasteiger charge is 2.20. The van der Waals surface area contributed by atoms with E-state index in [1.807, 2.05) is 60.4 Å². The number of nitrogens with zero attached hydrogens (tertiary/aromatic N) is 1. The van der Waals surface area contributed by atoms with Crippen molar-refractivity contribution in [1.29, 1.82) is 0 Å². The van der Waals surface area contributed by atoms with Crippen molar-refractivity contribution in [2.24, 2.45) is 0 Å². The van der Waals surface area contributed by atoms with E-state index in [0.717, 1.165) is 28.8 Å². The Morgan fingerprint density at radius 1 is 1.05 bits per heavy atom. The zero-order valence-corrected chi connectivity index (χ0v) is 12.1. The summed E-state index contributed by atoms with van der Waals surface area (Å²) in [5.74, 6) is 6.59. The van der Waals surface area contributed by atoms with E-state index in [0.29, 0.717) is 13.0 Å². The van der Waals surface area contributed by atoms with Crippen LogP contribution in [0.2, 0.25) is 0 Å². The molecule has 0 fully saturated rings. The van der Waals surface area contributed by atoms with E-state index in [-0.39, 0.29) is 5.91 Å². The highest BCUT2D eigenvalue weighted by Crippen LogP contribution is 2.25. The molecular formula is C19H17NO. The van der Waals surface area contributed by atoms with Gasteiger partial charge in [0.15, 0.2) is 0 Å². The largest absolute Gasteiger partial charge is 0.307 e. The molecule has 0 saturated carbocycles. The van der Waals surface area contributed by atoms with Crippen LogP contribution in [-0.2, 0) is 11.3 Å². The molecule has 2 aromatic carbocycles. The van der Waals surface area contributed by atoms with Gasteiger partial charge in [0.25, 0.3) is 0 Å². The van der Waals surface area contributed by atoms with Crippen LogP contribution >= 0.6 is 0 Å². The lowest BCUT2D eigenvalue weighted by molar-refractivity contribution is -0.118. The van der Waals surface area contributed by atoms with Gasteiger partial charge in [-0.3, -0.25) is 4.79 Å². The van der Waals surface area contributed by atoms with Crippen LogP contribution in [0.1, 0.15) is 36.5 Å². The first-order chi connectivity index (χ1) is 10.3. The Hall–Kier alpha value is -2.53. The lowest BCUT2D eigenvalue weighted by atomic mass is 10.0. The normalized spacial score (nSPS) is 12.3. The molecule has 0 N–H and O–H groups in total. The van der Waals surface area contributed by atoms with E-state index in [9.17, 15) is 4.79 Å². The van der Waals surface area contributed by atoms with Crippen LogP contribution < -0.4 is 4.90 Å². The molecule has 2 nitrogen and oxygen atoms in total. The molecule has 2 heteroatoms. The SMILES string of the molecule is CCCC(=O)N1Cc2ccccc2C#Cc2ccccc21. The molecule has 1 aliphatic rings. The molecule has 2 aromatic rings. The molecule has 0 atom stereocenters. The number of benzene rings is 2. The smallest absolute Gasteiger partial charge is 0.227 e. The maximum absolute atomic E-state index is 12.5. The molecule has 0 radical (unpaired) electrons. The Balaban J connectivity index is 2.14. The summed E-state index contributed by atoms with van der Waals surface area (Å²) < 4.78 is 0. The van der Waals surface area contributed by atoms with Gasteiger partial charge in [0.2, 0.25) is 5.91 Å². The maximum Gasteiger partial charge on any atom is 0.227 e. The molecule has 104 valence electrons. The minimum atomic E-state index is 0.156. The second kappa shape index (κ2) is 5.85. The van der Waals surface area contributed by atoms with Gasteiger partial charge in [-0.2, -0.15) is 0 Å². The number of carbonyl (C=O) groups is 1. The van der Waals surface area contributed by atoms with Gasteiger partial charge in [-0.1, -0.05) is 49.1 Å². The van der Waals surface area contributed by atoms with Gasteiger partial charge in [-0.25, -0.2) is 0 Å². The third-order valence-corrected chi connectivity index (χ3v) is 3.64. The Labute approximate surface area is 125 Å². The summed E-state index contributed by atoms with van der Waals surface area (Å²) in [7, 11) is 0. The zero-order chi connectivity index (χ0) is 14.7. The predicted octanol–water partition coefficient (Wildman–Crippen LogP) is 3.73. The van der Waals surface area contributed by atoms with Crippen molar-refractivity contribution in [2.75, 3.05) is 4.90 Å². The van der Waals surface area contributed by atoms with Crippen LogP contribution in [0.25, 0.3) is 0 Å². The lowest BCUT2D eigenvalue weighted by Gasteiger charge is -2.25. The molecular weight excluding hydrogens is 258 g/mol. The number of para-hydroxylation sites is 1. The minimum Gasteiger partial charge on any atom is -0.307 e. The molecule has 0 aliphatic carbocycles. The first-order valence-corrected chi connectivity index (χ1v) is 7.29. The third-order valence-electron chi connectivity index (χ3n) is 3.64. The van der Waals surface area contributed by atoms with E-state index in [1.54, 1.807) is 0 Å². The summed E-state index contributed by atoms with van der Waals surface area (Å²) in [5, 5.41) is 0. The number of carbonyl (C=O) groups excluding carboxylic acids is 1. The number of hydrogen-bond acceptors (Lipinski definition) is 1. The Kier molecular flexibility index (Phi) is 3.75. The van der Waals surface area contributed by atoms with Crippen molar-refractivity contribution in [3.63, 3.8) is 0 Å². The van der Waals surface area contributed by atoms with Crippen molar-refractivity contribution in [2.45, 2.75) is 26.3 Å². The van der Waals surface area contributed by atoms with Gasteiger partial charge in [-0.15, -0.1) is 0 Å². The van der Waals surface area contributed by atoms with Crippen LogP contribution in [0.4, 0.5) is 5.69 Å². The van der Waals surface area contributed by atoms with Crippen molar-refractivity contribution in [3.8, 4) is 11.8 Å². The topological polar surface area (TPSA) is 20.3 Å². The van der Waals surface area contributed by atoms with Gasteiger partial charge >= 0.3 is 0 Å². The Morgan fingerprint density at radius 3 is 2.52 bits per heavy atom. The van der Waals surface area contributed by atoms with E-state index >= 15 is 0 Å². The second-order valence-electron chi connectivity index (χ2n) is 5.15. The Bertz CT molecular complexity index is 736. The quantitative estimate of drug-likeness (QED) is 0.765. The van der Waals surface area contributed by atoms with Crippen LogP contribution in [0.3, 0.4) is 0 Å². The molecule has 0 bridgehead atoms. The lowest BCUT2D eigenvalue weighted by Crippen LogP contribution is -2.31. The average molecular weight is 275 g/mol. The van der Waals surface area contributed by atoms with Crippen molar-refractivity contribution in [3.05, 3.63) is 65.2 Å². The molecule has 0 unspecified atom stereocenters. The standard InChI is InChI=1S/C19H17NO/c1-2-7-19(21)20-14-17-10-4-3-8-15(17)12-13-16-9-5-6-11-18(16)20/h3-6,8-11H,2,7,14H2,1H3. The van der Waals surface area contributed by atoms with E-state index in [1.165, 1.54) is 0 Å². The van der Waals surface area contributed by atoms with Crippen LogP contribution in [-0.4, -0.2) is 5.91 Å². The summed E-state index contributed by atoms with van der Waals surface area (Å²) in [6, 6.07) is 15.9. The van der Waals surface area contributed by atoms with E-state index in [4.69, 9.17) is 0 Å². The molecule has 1 amide bonds. The highest BCUT2D eigenvalue weighted by molar-refractivity contribution is 5.95. The summed E-state index contributed by atoms with van der Waals surface area (Å²) in [4.78, 5) is 14.4. The molecule has 1 aliphatic heterocycles. The molecule has 1 heterocycles. The van der Waals surface area contributed by atoms with Crippen LogP contribution in [0.15, 0.2) is 48.5 Å². The molecule has 0 aromatic heterocycles. The van der Waals surface area contributed by atoms with E-state index in [2.05, 4.69) is 11.8 Å². The van der Waals surface area contributed by atoms with E-state index < -0.39 is 0 Å². The number of anilines is 1. The van der Waals surface area contributed by atoms with Gasteiger partial charge < -0.3 is 4.90 Å². The predicted molar refractivity (Wildman–Crippen MR) is 85.0 cm³/mol. The maximum atomic E-state index is 12.5. The summed E-state index contributed by atoms with van der Waals surface area (Å²) in [6.45, 7) is 2.61. The van der Waals surface area contributed by atoms with Gasteiger partial charge in [0, 0.05) is 17.5 Å². The fourth-order valence-corrected chi connectivity index (χ4v) is 2.56. The molecule has 3 rings (SSSR count). The summed E-state index contributed by atoms with van der Waals surface area (Å²) in [5.41, 5.74) is 3.93. The summed E-state index contributed by atoms with van der Waals surface area (Å²) >= 11 is 0. The fourth-order valence-electron chi connectivity index (χ4n) is 2.56. The van der Waals surface area contributed by atoms with Crippen LogP contribution in [0.5, 0.6) is 0 Å². The summed E-state index contributed by atoms with van der Waals surface area (Å²) in [6.07, 6.45) is 1.41. The first-order valence-electron chi connectivity index (χ1n) is 7.29.